The lowest BCUT2D eigenvalue weighted by atomic mass is 10.1. The SMILES string of the molecule is C#CCN(CCC(=O)N1CCN(c2ccccn2)CC1)C1CCc2ccccc21. The third kappa shape index (κ3) is 4.44. The molecule has 2 aliphatic rings. The van der Waals surface area contributed by atoms with Crippen molar-refractivity contribution in [1.29, 1.82) is 0 Å². The second-order valence-corrected chi connectivity index (χ2v) is 7.73. The molecule has 1 aromatic heterocycles. The number of amides is 1. The lowest BCUT2D eigenvalue weighted by molar-refractivity contribution is -0.131. The number of anilines is 1. The van der Waals surface area contributed by atoms with Gasteiger partial charge in [0.1, 0.15) is 5.82 Å². The van der Waals surface area contributed by atoms with Gasteiger partial charge in [0, 0.05) is 51.4 Å². The Morgan fingerprint density at radius 2 is 1.93 bits per heavy atom. The van der Waals surface area contributed by atoms with E-state index in [-0.39, 0.29) is 5.91 Å². The standard InChI is InChI=1S/C24H28N4O/c1-2-14-26(22-11-10-20-7-3-4-8-21(20)22)15-12-24(29)28-18-16-27(17-19-28)23-9-5-6-13-25-23/h1,3-9,13,22H,10-12,14-19H2. The van der Waals surface area contributed by atoms with Gasteiger partial charge >= 0.3 is 0 Å². The summed E-state index contributed by atoms with van der Waals surface area (Å²) in [6.45, 7) is 4.44. The quantitative estimate of drug-likeness (QED) is 0.714. The smallest absolute Gasteiger partial charge is 0.223 e. The fraction of sp³-hybridized carbons (Fsp3) is 0.417. The molecule has 1 aromatic carbocycles. The summed E-state index contributed by atoms with van der Waals surface area (Å²) in [6, 6.07) is 14.9. The van der Waals surface area contributed by atoms with Gasteiger partial charge in [0.2, 0.25) is 5.91 Å². The van der Waals surface area contributed by atoms with Crippen LogP contribution < -0.4 is 4.90 Å². The zero-order valence-electron chi connectivity index (χ0n) is 16.8. The van der Waals surface area contributed by atoms with Crippen molar-refractivity contribution in [2.75, 3.05) is 44.2 Å². The summed E-state index contributed by atoms with van der Waals surface area (Å²) >= 11 is 0. The number of aryl methyl sites for hydroxylation is 1. The summed E-state index contributed by atoms with van der Waals surface area (Å²) in [7, 11) is 0. The Balaban J connectivity index is 1.31. The van der Waals surface area contributed by atoms with Crippen LogP contribution in [-0.2, 0) is 11.2 Å². The predicted octanol–water partition coefficient (Wildman–Crippen LogP) is 2.74. The summed E-state index contributed by atoms with van der Waals surface area (Å²) in [4.78, 5) is 23.8. The number of aromatic nitrogens is 1. The molecule has 1 saturated heterocycles. The topological polar surface area (TPSA) is 39.7 Å². The average molecular weight is 389 g/mol. The minimum Gasteiger partial charge on any atom is -0.353 e. The molecule has 1 unspecified atom stereocenters. The number of carbonyl (C=O) groups is 1. The molecule has 1 aliphatic heterocycles. The van der Waals surface area contributed by atoms with Crippen LogP contribution in [0.5, 0.6) is 0 Å². The maximum atomic E-state index is 12.8. The lowest BCUT2D eigenvalue weighted by Crippen LogP contribution is -2.49. The van der Waals surface area contributed by atoms with Gasteiger partial charge in [-0.25, -0.2) is 4.98 Å². The highest BCUT2D eigenvalue weighted by atomic mass is 16.2. The number of benzene rings is 1. The highest BCUT2D eigenvalue weighted by molar-refractivity contribution is 5.76. The molecule has 29 heavy (non-hydrogen) atoms. The van der Waals surface area contributed by atoms with E-state index in [2.05, 4.69) is 45.0 Å². The highest BCUT2D eigenvalue weighted by Gasteiger charge is 2.28. The Morgan fingerprint density at radius 3 is 2.69 bits per heavy atom. The van der Waals surface area contributed by atoms with E-state index in [4.69, 9.17) is 6.42 Å². The number of terminal acetylenes is 1. The van der Waals surface area contributed by atoms with Gasteiger partial charge in [-0.1, -0.05) is 36.3 Å². The molecular formula is C24H28N4O. The van der Waals surface area contributed by atoms with E-state index in [0.29, 0.717) is 25.6 Å². The van der Waals surface area contributed by atoms with Crippen molar-refractivity contribution >= 4 is 11.7 Å². The van der Waals surface area contributed by atoms with Crippen LogP contribution >= 0.6 is 0 Å². The van der Waals surface area contributed by atoms with Gasteiger partial charge in [-0.2, -0.15) is 0 Å². The van der Waals surface area contributed by atoms with Gasteiger partial charge in [-0.15, -0.1) is 6.42 Å². The number of nitrogens with zero attached hydrogens (tertiary/aromatic N) is 4. The van der Waals surface area contributed by atoms with Gasteiger partial charge in [0.25, 0.3) is 0 Å². The first-order chi connectivity index (χ1) is 14.3. The van der Waals surface area contributed by atoms with Gasteiger partial charge in [-0.3, -0.25) is 9.69 Å². The van der Waals surface area contributed by atoms with E-state index in [9.17, 15) is 4.79 Å². The minimum absolute atomic E-state index is 0.221. The maximum Gasteiger partial charge on any atom is 0.223 e. The van der Waals surface area contributed by atoms with Crippen molar-refractivity contribution in [3.8, 4) is 12.3 Å². The van der Waals surface area contributed by atoms with Crippen molar-refractivity contribution in [1.82, 2.24) is 14.8 Å². The number of pyridine rings is 1. The number of carbonyl (C=O) groups excluding carboxylic acids is 1. The van der Waals surface area contributed by atoms with Crippen molar-refractivity contribution in [2.45, 2.75) is 25.3 Å². The molecule has 0 spiro atoms. The molecule has 0 bridgehead atoms. The van der Waals surface area contributed by atoms with Crippen molar-refractivity contribution in [3.63, 3.8) is 0 Å². The van der Waals surface area contributed by atoms with Gasteiger partial charge in [0.15, 0.2) is 0 Å². The van der Waals surface area contributed by atoms with E-state index in [1.807, 2.05) is 29.3 Å². The fourth-order valence-corrected chi connectivity index (χ4v) is 4.50. The average Bonchev–Trinajstić information content (AvgIpc) is 3.21. The van der Waals surface area contributed by atoms with Gasteiger partial charge < -0.3 is 9.80 Å². The number of hydrogen-bond acceptors (Lipinski definition) is 4. The second-order valence-electron chi connectivity index (χ2n) is 7.73. The Morgan fingerprint density at radius 1 is 1.14 bits per heavy atom. The molecule has 150 valence electrons. The van der Waals surface area contributed by atoms with E-state index < -0.39 is 0 Å². The molecular weight excluding hydrogens is 360 g/mol. The van der Waals surface area contributed by atoms with Crippen LogP contribution in [0.25, 0.3) is 0 Å². The maximum absolute atomic E-state index is 12.8. The van der Waals surface area contributed by atoms with E-state index >= 15 is 0 Å². The van der Waals surface area contributed by atoms with Crippen molar-refractivity contribution in [2.24, 2.45) is 0 Å². The molecule has 2 heterocycles. The van der Waals surface area contributed by atoms with E-state index in [1.54, 1.807) is 0 Å². The third-order valence-corrected chi connectivity index (χ3v) is 6.05. The molecule has 1 fully saturated rings. The largest absolute Gasteiger partial charge is 0.353 e. The summed E-state index contributed by atoms with van der Waals surface area (Å²) in [6.07, 6.45) is 10.1. The van der Waals surface area contributed by atoms with Crippen LogP contribution in [0.3, 0.4) is 0 Å². The molecule has 0 N–H and O–H groups in total. The molecule has 0 radical (unpaired) electrons. The monoisotopic (exact) mass is 388 g/mol. The lowest BCUT2D eigenvalue weighted by Gasteiger charge is -2.36. The normalized spacial score (nSPS) is 18.6. The van der Waals surface area contributed by atoms with Crippen LogP contribution in [-0.4, -0.2) is 60.0 Å². The van der Waals surface area contributed by atoms with E-state index in [1.165, 1.54) is 11.1 Å². The molecule has 1 aliphatic carbocycles. The fourth-order valence-electron chi connectivity index (χ4n) is 4.50. The molecule has 5 nitrogen and oxygen atoms in total. The Bertz CT molecular complexity index is 868. The van der Waals surface area contributed by atoms with Gasteiger partial charge in [0.05, 0.1) is 6.54 Å². The zero-order chi connectivity index (χ0) is 20.1. The summed E-state index contributed by atoms with van der Waals surface area (Å²) in [5, 5.41) is 0. The number of hydrogen-bond donors (Lipinski definition) is 0. The number of piperazine rings is 1. The summed E-state index contributed by atoms with van der Waals surface area (Å²) in [5.41, 5.74) is 2.79. The van der Waals surface area contributed by atoms with Crippen molar-refractivity contribution < 1.29 is 4.79 Å². The molecule has 4 rings (SSSR count). The molecule has 5 heteroatoms. The van der Waals surface area contributed by atoms with Gasteiger partial charge in [-0.05, 0) is 36.1 Å². The second kappa shape index (κ2) is 9.11. The van der Waals surface area contributed by atoms with Crippen LogP contribution in [0, 0.1) is 12.3 Å². The first-order valence-electron chi connectivity index (χ1n) is 10.5. The van der Waals surface area contributed by atoms with Crippen LogP contribution in [0.4, 0.5) is 5.82 Å². The molecule has 1 amide bonds. The van der Waals surface area contributed by atoms with Crippen molar-refractivity contribution in [3.05, 3.63) is 59.8 Å². The Kier molecular flexibility index (Phi) is 6.12. The molecule has 0 saturated carbocycles. The summed E-state index contributed by atoms with van der Waals surface area (Å²) < 4.78 is 0. The minimum atomic E-state index is 0.221. The number of fused-ring (bicyclic) bond motifs is 1. The first kappa shape index (κ1) is 19.5. The number of rotatable bonds is 6. The Hall–Kier alpha value is -2.84. The van der Waals surface area contributed by atoms with Crippen LogP contribution in [0.15, 0.2) is 48.7 Å². The zero-order valence-corrected chi connectivity index (χ0v) is 16.8. The Labute approximate surface area is 173 Å². The first-order valence-corrected chi connectivity index (χ1v) is 10.5. The third-order valence-electron chi connectivity index (χ3n) is 6.05. The molecule has 1 atom stereocenters. The highest BCUT2D eigenvalue weighted by Crippen LogP contribution is 2.35. The van der Waals surface area contributed by atoms with Crippen LogP contribution in [0.1, 0.15) is 30.0 Å². The summed E-state index contributed by atoms with van der Waals surface area (Å²) in [5.74, 6) is 4.00. The van der Waals surface area contributed by atoms with Crippen LogP contribution in [0.2, 0.25) is 0 Å². The van der Waals surface area contributed by atoms with E-state index in [0.717, 1.165) is 44.8 Å². The predicted molar refractivity (Wildman–Crippen MR) is 116 cm³/mol. The molecule has 2 aromatic rings.